The summed E-state index contributed by atoms with van der Waals surface area (Å²) in [6.45, 7) is 2.13. The van der Waals surface area contributed by atoms with E-state index in [2.05, 4.69) is 18.9 Å². The zero-order valence-corrected chi connectivity index (χ0v) is 15.2. The molecule has 2 bridgehead atoms. The van der Waals surface area contributed by atoms with Gasteiger partial charge in [-0.2, -0.15) is 0 Å². The van der Waals surface area contributed by atoms with Crippen molar-refractivity contribution in [3.63, 3.8) is 0 Å². The summed E-state index contributed by atoms with van der Waals surface area (Å²) in [5, 5.41) is 0. The zero-order valence-electron chi connectivity index (χ0n) is 15.2. The molecule has 0 N–H and O–H groups in total. The van der Waals surface area contributed by atoms with Crippen LogP contribution in [-0.4, -0.2) is 48.7 Å². The normalized spacial score (nSPS) is 31.6. The standard InChI is InChI=1S/C20H27NO4/c1-4-11-20-12-10-15(21(20)2)13-16(17(20)19(23)24-3)25-18(22)14-8-6-5-7-9-14/h5-9,15-17H,4,10-13H2,1-3H3/t15-,16+,17?,20?/m1/s1. The maximum absolute atomic E-state index is 12.7. The lowest BCUT2D eigenvalue weighted by atomic mass is 9.73. The number of benzene rings is 1. The third-order valence-corrected chi connectivity index (χ3v) is 6.02. The number of carbonyl (C=O) groups is 2. The molecular weight excluding hydrogens is 318 g/mol. The molecular formula is C20H27NO4. The fourth-order valence-corrected chi connectivity index (χ4v) is 4.84. The van der Waals surface area contributed by atoms with Gasteiger partial charge in [0.05, 0.1) is 12.7 Å². The zero-order chi connectivity index (χ0) is 18.0. The lowest BCUT2D eigenvalue weighted by Crippen LogP contribution is -2.62. The van der Waals surface area contributed by atoms with Gasteiger partial charge in [0.1, 0.15) is 12.0 Å². The molecule has 2 heterocycles. The SMILES string of the molecule is CCCC12CC[C@H](C[C@H](OC(=O)c3ccccc3)C1C(=O)OC)N2C. The van der Waals surface area contributed by atoms with E-state index in [0.717, 1.165) is 25.7 Å². The van der Waals surface area contributed by atoms with E-state index in [1.807, 2.05) is 18.2 Å². The van der Waals surface area contributed by atoms with E-state index in [1.165, 1.54) is 7.11 Å². The summed E-state index contributed by atoms with van der Waals surface area (Å²) in [6, 6.07) is 9.30. The third kappa shape index (κ3) is 3.06. The van der Waals surface area contributed by atoms with Crippen molar-refractivity contribution >= 4 is 11.9 Å². The topological polar surface area (TPSA) is 55.8 Å². The van der Waals surface area contributed by atoms with E-state index < -0.39 is 12.0 Å². The molecule has 0 aliphatic carbocycles. The van der Waals surface area contributed by atoms with Crippen LogP contribution in [0.2, 0.25) is 0 Å². The van der Waals surface area contributed by atoms with E-state index in [0.29, 0.717) is 18.0 Å². The molecule has 3 rings (SSSR count). The molecule has 0 spiro atoms. The molecule has 136 valence electrons. The van der Waals surface area contributed by atoms with Gasteiger partial charge in [0.2, 0.25) is 0 Å². The van der Waals surface area contributed by atoms with Gasteiger partial charge in [-0.3, -0.25) is 9.69 Å². The molecule has 0 aromatic heterocycles. The molecule has 2 aliphatic rings. The summed E-state index contributed by atoms with van der Waals surface area (Å²) in [4.78, 5) is 27.6. The third-order valence-electron chi connectivity index (χ3n) is 6.02. The highest BCUT2D eigenvalue weighted by atomic mass is 16.6. The molecule has 25 heavy (non-hydrogen) atoms. The average molecular weight is 345 g/mol. The van der Waals surface area contributed by atoms with Gasteiger partial charge in [-0.1, -0.05) is 31.5 Å². The monoisotopic (exact) mass is 345 g/mol. The second kappa shape index (κ2) is 7.16. The molecule has 1 aromatic rings. The molecule has 2 saturated heterocycles. The van der Waals surface area contributed by atoms with E-state index in [4.69, 9.17) is 9.47 Å². The Morgan fingerprint density at radius 2 is 2.00 bits per heavy atom. The molecule has 5 heteroatoms. The Hall–Kier alpha value is -1.88. The van der Waals surface area contributed by atoms with Gasteiger partial charge in [0, 0.05) is 18.0 Å². The number of nitrogens with zero attached hydrogens (tertiary/aromatic N) is 1. The summed E-state index contributed by atoms with van der Waals surface area (Å²) in [5.74, 6) is -1.07. The van der Waals surface area contributed by atoms with Crippen LogP contribution in [0.3, 0.4) is 0 Å². The minimum absolute atomic E-state index is 0.271. The first-order valence-electron chi connectivity index (χ1n) is 9.10. The number of fused-ring (bicyclic) bond motifs is 2. The van der Waals surface area contributed by atoms with Gasteiger partial charge in [-0.25, -0.2) is 4.79 Å². The average Bonchev–Trinajstić information content (AvgIpc) is 2.83. The molecule has 2 unspecified atom stereocenters. The van der Waals surface area contributed by atoms with E-state index in [9.17, 15) is 9.59 Å². The summed E-state index contributed by atoms with van der Waals surface area (Å²) in [6.07, 6.45) is 4.10. The predicted molar refractivity (Wildman–Crippen MR) is 94.2 cm³/mol. The van der Waals surface area contributed by atoms with Crippen molar-refractivity contribution in [1.82, 2.24) is 4.90 Å². The van der Waals surface area contributed by atoms with Crippen LogP contribution in [0.1, 0.15) is 49.4 Å². The van der Waals surface area contributed by atoms with Crippen LogP contribution in [0.15, 0.2) is 30.3 Å². The Bertz CT molecular complexity index is 628. The second-order valence-corrected chi connectivity index (χ2v) is 7.20. The van der Waals surface area contributed by atoms with Crippen molar-refractivity contribution in [3.8, 4) is 0 Å². The maximum Gasteiger partial charge on any atom is 0.338 e. The smallest absolute Gasteiger partial charge is 0.338 e. The van der Waals surface area contributed by atoms with Crippen molar-refractivity contribution in [2.45, 2.75) is 56.7 Å². The molecule has 1 aromatic carbocycles. The first-order chi connectivity index (χ1) is 12.0. The van der Waals surface area contributed by atoms with Crippen LogP contribution < -0.4 is 0 Å². The van der Waals surface area contributed by atoms with E-state index >= 15 is 0 Å². The van der Waals surface area contributed by atoms with Gasteiger partial charge >= 0.3 is 11.9 Å². The second-order valence-electron chi connectivity index (χ2n) is 7.20. The van der Waals surface area contributed by atoms with Crippen molar-refractivity contribution in [2.24, 2.45) is 5.92 Å². The predicted octanol–water partition coefficient (Wildman–Crippen LogP) is 3.04. The first-order valence-corrected chi connectivity index (χ1v) is 9.10. The number of methoxy groups -OCH3 is 1. The summed E-state index contributed by atoms with van der Waals surface area (Å²) < 4.78 is 11.0. The van der Waals surface area contributed by atoms with Crippen LogP contribution >= 0.6 is 0 Å². The summed E-state index contributed by atoms with van der Waals surface area (Å²) in [5.41, 5.74) is 0.244. The Morgan fingerprint density at radius 1 is 1.28 bits per heavy atom. The van der Waals surface area contributed by atoms with Gasteiger partial charge in [0.15, 0.2) is 0 Å². The Morgan fingerprint density at radius 3 is 2.64 bits per heavy atom. The van der Waals surface area contributed by atoms with Crippen molar-refractivity contribution in [2.75, 3.05) is 14.2 Å². The minimum atomic E-state index is -0.436. The fourth-order valence-electron chi connectivity index (χ4n) is 4.84. The van der Waals surface area contributed by atoms with E-state index in [1.54, 1.807) is 12.1 Å². The van der Waals surface area contributed by atoms with Crippen LogP contribution in [0.25, 0.3) is 0 Å². The number of ether oxygens (including phenoxy) is 2. The molecule has 2 fully saturated rings. The number of hydrogen-bond donors (Lipinski definition) is 0. The maximum atomic E-state index is 12.7. The number of rotatable bonds is 5. The fraction of sp³-hybridized carbons (Fsp3) is 0.600. The van der Waals surface area contributed by atoms with E-state index in [-0.39, 0.29) is 17.5 Å². The summed E-state index contributed by atoms with van der Waals surface area (Å²) >= 11 is 0. The number of piperidine rings is 1. The van der Waals surface area contributed by atoms with Gasteiger partial charge in [-0.05, 0) is 38.4 Å². The Balaban J connectivity index is 1.90. The molecule has 4 atom stereocenters. The number of hydrogen-bond acceptors (Lipinski definition) is 5. The lowest BCUT2D eigenvalue weighted by Gasteiger charge is -2.50. The Kier molecular flexibility index (Phi) is 5.13. The Labute approximate surface area is 149 Å². The highest BCUT2D eigenvalue weighted by molar-refractivity contribution is 5.89. The molecule has 0 amide bonds. The van der Waals surface area contributed by atoms with Crippen LogP contribution in [0.4, 0.5) is 0 Å². The number of esters is 2. The van der Waals surface area contributed by atoms with Crippen molar-refractivity contribution < 1.29 is 19.1 Å². The quantitative estimate of drug-likeness (QED) is 0.768. The largest absolute Gasteiger partial charge is 0.469 e. The molecule has 5 nitrogen and oxygen atoms in total. The molecule has 0 radical (unpaired) electrons. The van der Waals surface area contributed by atoms with Gasteiger partial charge in [-0.15, -0.1) is 0 Å². The lowest BCUT2D eigenvalue weighted by molar-refractivity contribution is -0.164. The molecule has 0 saturated carbocycles. The van der Waals surface area contributed by atoms with Gasteiger partial charge < -0.3 is 9.47 Å². The van der Waals surface area contributed by atoms with Crippen LogP contribution in [0, 0.1) is 5.92 Å². The highest BCUT2D eigenvalue weighted by Gasteiger charge is 2.60. The van der Waals surface area contributed by atoms with Gasteiger partial charge in [0.25, 0.3) is 0 Å². The highest BCUT2D eigenvalue weighted by Crippen LogP contribution is 2.50. The minimum Gasteiger partial charge on any atom is -0.469 e. The molecule has 2 aliphatic heterocycles. The van der Waals surface area contributed by atoms with Crippen LogP contribution in [-0.2, 0) is 14.3 Å². The summed E-state index contributed by atoms with van der Waals surface area (Å²) in [7, 11) is 3.51. The van der Waals surface area contributed by atoms with Crippen molar-refractivity contribution in [3.05, 3.63) is 35.9 Å². The number of carbonyl (C=O) groups excluding carboxylic acids is 2. The van der Waals surface area contributed by atoms with Crippen molar-refractivity contribution in [1.29, 1.82) is 0 Å². The first kappa shape index (κ1) is 17.9. The van der Waals surface area contributed by atoms with Crippen LogP contribution in [0.5, 0.6) is 0 Å².